The van der Waals surface area contributed by atoms with E-state index >= 15 is 0 Å². The van der Waals surface area contributed by atoms with Crippen LogP contribution in [-0.4, -0.2) is 33.3 Å². The molecule has 0 unspecified atom stereocenters. The lowest BCUT2D eigenvalue weighted by molar-refractivity contribution is -0.385. The van der Waals surface area contributed by atoms with E-state index in [0.29, 0.717) is 25.7 Å². The fraction of sp³-hybridized carbons (Fsp3) is 0.375. The lowest BCUT2D eigenvalue weighted by Crippen LogP contribution is -2.36. The molecule has 9 heteroatoms. The molecule has 0 spiro atoms. The van der Waals surface area contributed by atoms with Gasteiger partial charge in [-0.05, 0) is 31.5 Å². The predicted octanol–water partition coefficient (Wildman–Crippen LogP) is 2.11. The van der Waals surface area contributed by atoms with Gasteiger partial charge in [-0.15, -0.1) is 0 Å². The lowest BCUT2D eigenvalue weighted by Gasteiger charge is -2.12. The number of nitrogens with zero attached hydrogens (tertiary/aromatic N) is 3. The van der Waals surface area contributed by atoms with Crippen molar-refractivity contribution in [2.75, 3.05) is 11.9 Å². The van der Waals surface area contributed by atoms with E-state index in [1.54, 1.807) is 0 Å². The van der Waals surface area contributed by atoms with E-state index in [2.05, 4.69) is 34.9 Å². The van der Waals surface area contributed by atoms with Crippen molar-refractivity contribution < 1.29 is 9.72 Å². The van der Waals surface area contributed by atoms with Gasteiger partial charge in [-0.1, -0.05) is 12.1 Å². The minimum atomic E-state index is -0.508. The Kier molecular flexibility index (Phi) is 6.33. The van der Waals surface area contributed by atoms with Crippen LogP contribution in [0.4, 0.5) is 16.2 Å². The molecular formula is C16H22N6O3. The molecule has 0 aliphatic carbocycles. The number of nitrogens with one attached hydrogen (secondary N) is 3. The normalized spacial score (nSPS) is 10.5. The number of urea groups is 1. The Morgan fingerprint density at radius 2 is 2.16 bits per heavy atom. The van der Waals surface area contributed by atoms with Crippen molar-refractivity contribution in [3.8, 4) is 0 Å². The second-order valence-electron chi connectivity index (χ2n) is 5.83. The number of anilines is 1. The zero-order chi connectivity index (χ0) is 18.2. The van der Waals surface area contributed by atoms with E-state index in [9.17, 15) is 14.9 Å². The van der Waals surface area contributed by atoms with Crippen LogP contribution in [-0.2, 0) is 13.1 Å². The van der Waals surface area contributed by atoms with Crippen LogP contribution >= 0.6 is 0 Å². The lowest BCUT2D eigenvalue weighted by atomic mass is 10.2. The zero-order valence-corrected chi connectivity index (χ0v) is 14.2. The molecule has 1 aromatic carbocycles. The molecule has 0 aliphatic rings. The van der Waals surface area contributed by atoms with Gasteiger partial charge in [0, 0.05) is 24.8 Å². The van der Waals surface area contributed by atoms with Crippen LogP contribution in [0.3, 0.4) is 0 Å². The van der Waals surface area contributed by atoms with Crippen molar-refractivity contribution in [1.29, 1.82) is 0 Å². The number of benzene rings is 1. The highest BCUT2D eigenvalue weighted by molar-refractivity contribution is 5.73. The number of aromatic nitrogens is 2. The molecule has 0 radical (unpaired) electrons. The Labute approximate surface area is 145 Å². The summed E-state index contributed by atoms with van der Waals surface area (Å²) in [5.41, 5.74) is 1.93. The Morgan fingerprint density at radius 3 is 2.84 bits per heavy atom. The van der Waals surface area contributed by atoms with Gasteiger partial charge in [0.25, 0.3) is 0 Å². The molecule has 9 nitrogen and oxygen atoms in total. The Hall–Kier alpha value is -3.10. The first-order chi connectivity index (χ1) is 11.9. The molecule has 1 aromatic heterocycles. The molecule has 1 heterocycles. The van der Waals surface area contributed by atoms with Crippen LogP contribution in [0.5, 0.6) is 0 Å². The fourth-order valence-electron chi connectivity index (χ4n) is 2.20. The molecule has 0 aliphatic heterocycles. The van der Waals surface area contributed by atoms with Gasteiger partial charge in [0.2, 0.25) is 0 Å². The van der Waals surface area contributed by atoms with Crippen LogP contribution in [0.2, 0.25) is 0 Å². The third kappa shape index (κ3) is 6.13. The van der Waals surface area contributed by atoms with Crippen molar-refractivity contribution in [2.24, 2.45) is 0 Å². The smallest absolute Gasteiger partial charge is 0.315 e. The van der Waals surface area contributed by atoms with E-state index < -0.39 is 4.92 Å². The SMILES string of the molecule is CC(C)Nc1cccc(CNC(=O)NCCn2cc([N+](=O)[O-])cn2)c1. The first-order valence-electron chi connectivity index (χ1n) is 7.98. The summed E-state index contributed by atoms with van der Waals surface area (Å²) in [5, 5.41) is 23.2. The van der Waals surface area contributed by atoms with E-state index in [0.717, 1.165) is 11.3 Å². The monoisotopic (exact) mass is 346 g/mol. The summed E-state index contributed by atoms with van der Waals surface area (Å²) >= 11 is 0. The molecular weight excluding hydrogens is 324 g/mol. The molecule has 0 bridgehead atoms. The molecule has 0 saturated carbocycles. The van der Waals surface area contributed by atoms with E-state index in [1.807, 2.05) is 24.3 Å². The summed E-state index contributed by atoms with van der Waals surface area (Å²) in [6.45, 7) is 5.21. The Morgan fingerprint density at radius 1 is 1.36 bits per heavy atom. The van der Waals surface area contributed by atoms with Gasteiger partial charge in [0.15, 0.2) is 0 Å². The number of carbonyl (C=O) groups excluding carboxylic acids is 1. The van der Waals surface area contributed by atoms with Gasteiger partial charge >= 0.3 is 11.7 Å². The average molecular weight is 346 g/mol. The molecule has 2 aromatic rings. The Bertz CT molecular complexity index is 728. The molecule has 25 heavy (non-hydrogen) atoms. The van der Waals surface area contributed by atoms with E-state index in [4.69, 9.17) is 0 Å². The van der Waals surface area contributed by atoms with Crippen LogP contribution in [0.25, 0.3) is 0 Å². The third-order valence-electron chi connectivity index (χ3n) is 3.29. The quantitative estimate of drug-likeness (QED) is 0.500. The number of hydrogen-bond donors (Lipinski definition) is 3. The molecule has 2 rings (SSSR count). The number of amides is 2. The van der Waals surface area contributed by atoms with Crippen LogP contribution in [0, 0.1) is 10.1 Å². The molecule has 0 saturated heterocycles. The maximum absolute atomic E-state index is 11.8. The third-order valence-corrected chi connectivity index (χ3v) is 3.29. The first-order valence-corrected chi connectivity index (χ1v) is 7.98. The number of nitro groups is 1. The Balaban J connectivity index is 1.72. The minimum Gasteiger partial charge on any atom is -0.383 e. The largest absolute Gasteiger partial charge is 0.383 e. The minimum absolute atomic E-state index is 0.0701. The van der Waals surface area contributed by atoms with Gasteiger partial charge < -0.3 is 16.0 Å². The summed E-state index contributed by atoms with van der Waals surface area (Å²) in [6, 6.07) is 7.88. The molecule has 0 fully saturated rings. The maximum atomic E-state index is 11.8. The molecule has 0 atom stereocenters. The molecule has 134 valence electrons. The summed E-state index contributed by atoms with van der Waals surface area (Å²) < 4.78 is 1.42. The number of carbonyl (C=O) groups is 1. The van der Waals surface area contributed by atoms with Crippen molar-refractivity contribution in [1.82, 2.24) is 20.4 Å². The highest BCUT2D eigenvalue weighted by atomic mass is 16.6. The van der Waals surface area contributed by atoms with E-state index in [-0.39, 0.29) is 11.7 Å². The van der Waals surface area contributed by atoms with Crippen molar-refractivity contribution in [2.45, 2.75) is 33.0 Å². The average Bonchev–Trinajstić information content (AvgIpc) is 3.02. The number of hydrogen-bond acceptors (Lipinski definition) is 5. The van der Waals surface area contributed by atoms with Gasteiger partial charge in [0.05, 0.1) is 11.5 Å². The zero-order valence-electron chi connectivity index (χ0n) is 14.2. The fourth-order valence-corrected chi connectivity index (χ4v) is 2.20. The van der Waals surface area contributed by atoms with Gasteiger partial charge in [-0.25, -0.2) is 4.79 Å². The summed E-state index contributed by atoms with van der Waals surface area (Å²) in [7, 11) is 0. The second kappa shape index (κ2) is 8.67. The van der Waals surface area contributed by atoms with Crippen molar-refractivity contribution >= 4 is 17.4 Å². The van der Waals surface area contributed by atoms with Crippen molar-refractivity contribution in [3.63, 3.8) is 0 Å². The predicted molar refractivity (Wildman–Crippen MR) is 94.3 cm³/mol. The summed E-state index contributed by atoms with van der Waals surface area (Å²) in [5.74, 6) is 0. The van der Waals surface area contributed by atoms with Crippen molar-refractivity contribution in [3.05, 3.63) is 52.3 Å². The van der Waals surface area contributed by atoms with Crippen LogP contribution in [0.1, 0.15) is 19.4 Å². The van der Waals surface area contributed by atoms with Gasteiger partial charge in [0.1, 0.15) is 12.4 Å². The van der Waals surface area contributed by atoms with Crippen LogP contribution < -0.4 is 16.0 Å². The highest BCUT2D eigenvalue weighted by Crippen LogP contribution is 2.11. The molecule has 2 amide bonds. The highest BCUT2D eigenvalue weighted by Gasteiger charge is 2.08. The first kappa shape index (κ1) is 18.2. The standard InChI is InChI=1S/C16H22N6O3/c1-12(2)20-14-5-3-4-13(8-14)9-18-16(23)17-6-7-21-11-15(10-19-21)22(24)25/h3-5,8,10-12,20H,6-7,9H2,1-2H3,(H2,17,18,23). The molecule has 3 N–H and O–H groups in total. The number of rotatable bonds is 8. The van der Waals surface area contributed by atoms with Crippen LogP contribution in [0.15, 0.2) is 36.7 Å². The maximum Gasteiger partial charge on any atom is 0.315 e. The summed E-state index contributed by atoms with van der Waals surface area (Å²) in [4.78, 5) is 21.9. The van der Waals surface area contributed by atoms with E-state index in [1.165, 1.54) is 17.1 Å². The second-order valence-corrected chi connectivity index (χ2v) is 5.83. The van der Waals surface area contributed by atoms with Gasteiger partial charge in [-0.2, -0.15) is 5.10 Å². The summed E-state index contributed by atoms with van der Waals surface area (Å²) in [6.07, 6.45) is 2.51. The van der Waals surface area contributed by atoms with Gasteiger partial charge in [-0.3, -0.25) is 14.8 Å². The topological polar surface area (TPSA) is 114 Å².